The number of hydrogen-bond acceptors (Lipinski definition) is 5. The van der Waals surface area contributed by atoms with Gasteiger partial charge in [-0.1, -0.05) is 18.2 Å². The van der Waals surface area contributed by atoms with Crippen LogP contribution in [0.15, 0.2) is 47.5 Å². The normalized spacial score (nSPS) is 23.6. The third-order valence-corrected chi connectivity index (χ3v) is 5.96. The number of nitrogens with one attached hydrogen (secondary N) is 2. The van der Waals surface area contributed by atoms with Gasteiger partial charge < -0.3 is 19.7 Å². The highest BCUT2D eigenvalue weighted by Gasteiger charge is 2.46. The van der Waals surface area contributed by atoms with Crippen LogP contribution in [0.3, 0.4) is 0 Å². The number of likely N-dealkylation sites (tertiary alicyclic amines) is 1. The number of aliphatic imine (C=N–C) groups is 1. The Morgan fingerprint density at radius 2 is 1.94 bits per heavy atom. The molecule has 2 aromatic rings. The number of benzene rings is 2. The molecule has 3 heterocycles. The summed E-state index contributed by atoms with van der Waals surface area (Å²) in [7, 11) is 0. The Labute approximate surface area is 182 Å². The molecule has 0 aromatic heterocycles. The molecule has 7 nitrogen and oxygen atoms in total. The van der Waals surface area contributed by atoms with Gasteiger partial charge in [0, 0.05) is 30.9 Å². The van der Waals surface area contributed by atoms with Crippen LogP contribution in [-0.4, -0.2) is 47.6 Å². The van der Waals surface area contributed by atoms with Crippen molar-refractivity contribution in [2.24, 2.45) is 4.99 Å². The molecule has 3 aliphatic rings. The summed E-state index contributed by atoms with van der Waals surface area (Å²) in [6.45, 7) is 8.41. The largest absolute Gasteiger partial charge is 0.454 e. The molecule has 1 spiro atoms. The van der Waals surface area contributed by atoms with Crippen LogP contribution >= 0.6 is 0 Å². The fourth-order valence-electron chi connectivity index (χ4n) is 4.39. The zero-order chi connectivity index (χ0) is 21.6. The van der Waals surface area contributed by atoms with E-state index in [2.05, 4.69) is 43.5 Å². The van der Waals surface area contributed by atoms with Gasteiger partial charge in [0.2, 0.25) is 6.79 Å². The molecule has 2 aromatic carbocycles. The molecule has 7 heteroatoms. The molecule has 162 valence electrons. The molecular formula is C24H28N4O3. The van der Waals surface area contributed by atoms with Gasteiger partial charge in [0.1, 0.15) is 5.84 Å². The number of carbonyl (C=O) groups excluding carboxylic acids is 1. The molecule has 1 atom stereocenters. The molecule has 31 heavy (non-hydrogen) atoms. The second kappa shape index (κ2) is 7.27. The van der Waals surface area contributed by atoms with Crippen molar-refractivity contribution >= 4 is 17.4 Å². The molecule has 1 amide bonds. The van der Waals surface area contributed by atoms with Crippen LogP contribution in [0.1, 0.15) is 43.1 Å². The van der Waals surface area contributed by atoms with Gasteiger partial charge >= 0.3 is 0 Å². The second-order valence-electron chi connectivity index (χ2n) is 9.39. The minimum atomic E-state index is -0.418. The van der Waals surface area contributed by atoms with Gasteiger partial charge in [0.05, 0.1) is 11.1 Å². The standard InChI is InChI=1S/C24H28N4O3/c1-23(2,3)27-22-24(25-13-17-6-4-5-7-18(17)26-22)10-11-28(14-24)21(29)16-8-9-19-20(12-16)31-15-30-19/h4-9,12,25H,10-11,13-15H2,1-3H3,(H,26,27)/t24-/m1/s1. The minimum Gasteiger partial charge on any atom is -0.454 e. The zero-order valence-corrected chi connectivity index (χ0v) is 18.2. The lowest BCUT2D eigenvalue weighted by atomic mass is 9.95. The third-order valence-electron chi connectivity index (χ3n) is 5.96. The van der Waals surface area contributed by atoms with Gasteiger partial charge in [0.15, 0.2) is 11.5 Å². The van der Waals surface area contributed by atoms with Crippen LogP contribution in [0.4, 0.5) is 5.69 Å². The fraction of sp³-hybridized carbons (Fsp3) is 0.417. The number of para-hydroxylation sites is 1. The molecular weight excluding hydrogens is 392 g/mol. The van der Waals surface area contributed by atoms with Crippen LogP contribution in [0.25, 0.3) is 0 Å². The quantitative estimate of drug-likeness (QED) is 0.740. The van der Waals surface area contributed by atoms with E-state index >= 15 is 0 Å². The number of hydrogen-bond donors (Lipinski definition) is 2. The summed E-state index contributed by atoms with van der Waals surface area (Å²) in [6, 6.07) is 13.7. The van der Waals surface area contributed by atoms with Crippen LogP contribution in [0.5, 0.6) is 11.5 Å². The monoisotopic (exact) mass is 420 g/mol. The fourth-order valence-corrected chi connectivity index (χ4v) is 4.39. The van der Waals surface area contributed by atoms with Crippen molar-refractivity contribution < 1.29 is 14.3 Å². The minimum absolute atomic E-state index is 0.00570. The summed E-state index contributed by atoms with van der Waals surface area (Å²) in [6.07, 6.45) is 0.791. The Hall–Kier alpha value is -3.06. The number of ether oxygens (including phenoxy) is 2. The first-order valence-corrected chi connectivity index (χ1v) is 10.7. The summed E-state index contributed by atoms with van der Waals surface area (Å²) in [5, 5.41) is 7.33. The summed E-state index contributed by atoms with van der Waals surface area (Å²) >= 11 is 0. The molecule has 0 bridgehead atoms. The van der Waals surface area contributed by atoms with Gasteiger partial charge in [-0.2, -0.15) is 0 Å². The van der Waals surface area contributed by atoms with E-state index < -0.39 is 5.54 Å². The molecule has 1 saturated heterocycles. The Kier molecular flexibility index (Phi) is 4.66. The molecule has 0 saturated carbocycles. The summed E-state index contributed by atoms with van der Waals surface area (Å²) in [4.78, 5) is 20.3. The first-order valence-electron chi connectivity index (χ1n) is 10.7. The van der Waals surface area contributed by atoms with Gasteiger partial charge in [-0.25, -0.2) is 0 Å². The first-order chi connectivity index (χ1) is 14.8. The van der Waals surface area contributed by atoms with Gasteiger partial charge in [-0.3, -0.25) is 15.1 Å². The number of anilines is 1. The maximum atomic E-state index is 13.3. The van der Waals surface area contributed by atoms with E-state index in [-0.39, 0.29) is 18.2 Å². The highest BCUT2D eigenvalue weighted by molar-refractivity contribution is 6.05. The van der Waals surface area contributed by atoms with Crippen molar-refractivity contribution in [1.29, 1.82) is 0 Å². The van der Waals surface area contributed by atoms with E-state index in [9.17, 15) is 4.79 Å². The summed E-state index contributed by atoms with van der Waals surface area (Å²) in [5.74, 6) is 2.20. The highest BCUT2D eigenvalue weighted by atomic mass is 16.7. The highest BCUT2D eigenvalue weighted by Crippen LogP contribution is 2.35. The number of rotatable bonds is 1. The molecule has 5 rings (SSSR count). The second-order valence-corrected chi connectivity index (χ2v) is 9.39. The van der Waals surface area contributed by atoms with Gasteiger partial charge in [-0.05, 0) is 57.0 Å². The average molecular weight is 421 g/mol. The number of nitrogens with zero attached hydrogens (tertiary/aromatic N) is 2. The molecule has 0 aliphatic carbocycles. The Morgan fingerprint density at radius 3 is 2.77 bits per heavy atom. The van der Waals surface area contributed by atoms with Crippen LogP contribution in [0.2, 0.25) is 0 Å². The Morgan fingerprint density at radius 1 is 1.13 bits per heavy atom. The average Bonchev–Trinajstić information content (AvgIpc) is 3.35. The summed E-state index contributed by atoms with van der Waals surface area (Å²) < 4.78 is 10.8. The predicted octanol–water partition coefficient (Wildman–Crippen LogP) is 3.41. The predicted molar refractivity (Wildman–Crippen MR) is 120 cm³/mol. The SMILES string of the molecule is CC(C)(C)N=C1Nc2ccccc2CN[C@@]12CCN(C(=O)c1ccc3c(c1)OCO3)C2. The van der Waals surface area contributed by atoms with E-state index in [4.69, 9.17) is 14.5 Å². The van der Waals surface area contributed by atoms with Crippen molar-refractivity contribution in [2.75, 3.05) is 25.2 Å². The summed E-state index contributed by atoms with van der Waals surface area (Å²) in [5.41, 5.74) is 2.21. The zero-order valence-electron chi connectivity index (χ0n) is 18.2. The van der Waals surface area contributed by atoms with Crippen LogP contribution in [-0.2, 0) is 6.54 Å². The van der Waals surface area contributed by atoms with Crippen LogP contribution < -0.4 is 20.1 Å². The van der Waals surface area contributed by atoms with Crippen molar-refractivity contribution in [3.05, 3.63) is 53.6 Å². The smallest absolute Gasteiger partial charge is 0.254 e. The molecule has 0 radical (unpaired) electrons. The maximum absolute atomic E-state index is 13.3. The Balaban J connectivity index is 1.44. The van der Waals surface area contributed by atoms with Gasteiger partial charge in [-0.15, -0.1) is 0 Å². The van der Waals surface area contributed by atoms with Crippen molar-refractivity contribution in [3.8, 4) is 11.5 Å². The number of amides is 1. The third kappa shape index (κ3) is 3.74. The van der Waals surface area contributed by atoms with E-state index in [0.717, 1.165) is 24.5 Å². The van der Waals surface area contributed by atoms with E-state index in [1.165, 1.54) is 5.56 Å². The number of amidine groups is 1. The molecule has 3 aliphatic heterocycles. The molecule has 2 N–H and O–H groups in total. The topological polar surface area (TPSA) is 75.2 Å². The lowest BCUT2D eigenvalue weighted by molar-refractivity contribution is 0.0785. The molecule has 0 unspecified atom stereocenters. The van der Waals surface area contributed by atoms with Crippen molar-refractivity contribution in [1.82, 2.24) is 10.2 Å². The first kappa shape index (κ1) is 19.9. The Bertz CT molecular complexity index is 1060. The van der Waals surface area contributed by atoms with Crippen molar-refractivity contribution in [3.63, 3.8) is 0 Å². The maximum Gasteiger partial charge on any atom is 0.254 e. The lowest BCUT2D eigenvalue weighted by Crippen LogP contribution is -2.56. The van der Waals surface area contributed by atoms with E-state index in [1.54, 1.807) is 18.2 Å². The molecule has 1 fully saturated rings. The number of carbonyl (C=O) groups is 1. The van der Waals surface area contributed by atoms with E-state index in [0.29, 0.717) is 30.2 Å². The van der Waals surface area contributed by atoms with Gasteiger partial charge in [0.25, 0.3) is 5.91 Å². The van der Waals surface area contributed by atoms with E-state index in [1.807, 2.05) is 17.0 Å². The lowest BCUT2D eigenvalue weighted by Gasteiger charge is -2.32. The van der Waals surface area contributed by atoms with Crippen LogP contribution in [0, 0.1) is 0 Å². The van der Waals surface area contributed by atoms with Crippen molar-refractivity contribution in [2.45, 2.75) is 44.8 Å². The number of fused-ring (bicyclic) bond motifs is 2.